The van der Waals surface area contributed by atoms with Crippen LogP contribution in [0.5, 0.6) is 5.75 Å². The van der Waals surface area contributed by atoms with Crippen LogP contribution in [0.25, 0.3) is 0 Å². The first-order valence-electron chi connectivity index (χ1n) is 6.36. The lowest BCUT2D eigenvalue weighted by molar-refractivity contribution is 0.104. The molecule has 0 aliphatic carbocycles. The van der Waals surface area contributed by atoms with Crippen LogP contribution in [0, 0.1) is 0 Å². The number of aliphatic hydroxyl groups is 1. The zero-order chi connectivity index (χ0) is 12.8. The highest BCUT2D eigenvalue weighted by molar-refractivity contribution is 5.28. The molecule has 0 saturated carbocycles. The van der Waals surface area contributed by atoms with Gasteiger partial charge in [0.15, 0.2) is 0 Å². The third-order valence-corrected chi connectivity index (χ3v) is 2.77. The topological polar surface area (TPSA) is 51.2 Å². The van der Waals surface area contributed by atoms with Crippen molar-refractivity contribution in [3.63, 3.8) is 0 Å². The number of benzene rings is 1. The molecular formula is C14H20O4. The second-order valence-electron chi connectivity index (χ2n) is 4.48. The highest BCUT2D eigenvalue weighted by Crippen LogP contribution is 2.17. The van der Waals surface area contributed by atoms with Crippen LogP contribution in [0.3, 0.4) is 0 Å². The van der Waals surface area contributed by atoms with Crippen molar-refractivity contribution in [2.45, 2.75) is 25.6 Å². The molecule has 0 amide bonds. The third kappa shape index (κ3) is 4.64. The number of hydrogen-bond acceptors (Lipinski definition) is 4. The summed E-state index contributed by atoms with van der Waals surface area (Å²) in [5.74, 6) is 0.824. The lowest BCUT2D eigenvalue weighted by Crippen LogP contribution is -2.06. The van der Waals surface area contributed by atoms with Crippen molar-refractivity contribution in [3.05, 3.63) is 29.8 Å². The van der Waals surface area contributed by atoms with Crippen LogP contribution in [0.2, 0.25) is 0 Å². The smallest absolute Gasteiger partial charge is 0.119 e. The summed E-state index contributed by atoms with van der Waals surface area (Å²) in [4.78, 5) is 0. The van der Waals surface area contributed by atoms with Crippen molar-refractivity contribution in [1.29, 1.82) is 0 Å². The minimum Gasteiger partial charge on any atom is -0.494 e. The number of hydrogen-bond donors (Lipinski definition) is 1. The molecule has 0 radical (unpaired) electrons. The average Bonchev–Trinajstić information content (AvgIpc) is 3.18. The zero-order valence-electron chi connectivity index (χ0n) is 10.7. The third-order valence-electron chi connectivity index (χ3n) is 2.77. The van der Waals surface area contributed by atoms with E-state index in [0.29, 0.717) is 25.9 Å². The van der Waals surface area contributed by atoms with Gasteiger partial charge in [0.25, 0.3) is 0 Å². The predicted octanol–water partition coefficient (Wildman–Crippen LogP) is 1.92. The highest BCUT2D eigenvalue weighted by Gasteiger charge is 2.21. The van der Waals surface area contributed by atoms with E-state index in [1.54, 1.807) is 6.92 Å². The van der Waals surface area contributed by atoms with E-state index >= 15 is 0 Å². The van der Waals surface area contributed by atoms with Crippen LogP contribution >= 0.6 is 0 Å². The number of epoxide rings is 1. The van der Waals surface area contributed by atoms with E-state index < -0.39 is 6.10 Å². The van der Waals surface area contributed by atoms with E-state index in [1.165, 1.54) is 0 Å². The molecule has 1 N–H and O–H groups in total. The number of ether oxygens (including phenoxy) is 3. The van der Waals surface area contributed by atoms with Crippen LogP contribution in [-0.2, 0) is 9.47 Å². The van der Waals surface area contributed by atoms with E-state index in [0.717, 1.165) is 24.3 Å². The molecule has 4 nitrogen and oxygen atoms in total. The van der Waals surface area contributed by atoms with Crippen molar-refractivity contribution in [2.75, 3.05) is 26.4 Å². The van der Waals surface area contributed by atoms with Gasteiger partial charge in [0, 0.05) is 13.0 Å². The SMILES string of the molecule is CC(O)c1ccc(OCCCOCC2CO2)cc1. The van der Waals surface area contributed by atoms with Gasteiger partial charge in [0.05, 0.1) is 25.9 Å². The first-order chi connectivity index (χ1) is 8.75. The van der Waals surface area contributed by atoms with Gasteiger partial charge in [0.2, 0.25) is 0 Å². The fourth-order valence-corrected chi connectivity index (χ4v) is 1.57. The quantitative estimate of drug-likeness (QED) is 0.567. The van der Waals surface area contributed by atoms with E-state index in [4.69, 9.17) is 14.2 Å². The molecule has 1 aliphatic rings. The fourth-order valence-electron chi connectivity index (χ4n) is 1.57. The molecule has 2 rings (SSSR count). The van der Waals surface area contributed by atoms with Gasteiger partial charge in [-0.2, -0.15) is 0 Å². The van der Waals surface area contributed by atoms with E-state index in [-0.39, 0.29) is 0 Å². The number of rotatable bonds is 8. The Bertz CT molecular complexity index is 343. The zero-order valence-corrected chi connectivity index (χ0v) is 10.7. The van der Waals surface area contributed by atoms with Gasteiger partial charge in [-0.25, -0.2) is 0 Å². The molecule has 2 unspecified atom stereocenters. The molecule has 0 spiro atoms. The Hall–Kier alpha value is -1.10. The van der Waals surface area contributed by atoms with Gasteiger partial charge in [-0.1, -0.05) is 12.1 Å². The van der Waals surface area contributed by atoms with Crippen LogP contribution in [-0.4, -0.2) is 37.6 Å². The second kappa shape index (κ2) is 6.73. The van der Waals surface area contributed by atoms with Crippen molar-refractivity contribution < 1.29 is 19.3 Å². The predicted molar refractivity (Wildman–Crippen MR) is 67.7 cm³/mol. The summed E-state index contributed by atoms with van der Waals surface area (Å²) in [6, 6.07) is 7.50. The van der Waals surface area contributed by atoms with Gasteiger partial charge >= 0.3 is 0 Å². The Morgan fingerprint density at radius 1 is 1.33 bits per heavy atom. The fraction of sp³-hybridized carbons (Fsp3) is 0.571. The lowest BCUT2D eigenvalue weighted by Gasteiger charge is -2.08. The molecule has 1 heterocycles. The first kappa shape index (κ1) is 13.3. The average molecular weight is 252 g/mol. The Balaban J connectivity index is 1.57. The summed E-state index contributed by atoms with van der Waals surface area (Å²) in [7, 11) is 0. The monoisotopic (exact) mass is 252 g/mol. The summed E-state index contributed by atoms with van der Waals surface area (Å²) in [5.41, 5.74) is 0.898. The summed E-state index contributed by atoms with van der Waals surface area (Å²) in [6.07, 6.45) is 0.765. The van der Waals surface area contributed by atoms with Gasteiger partial charge in [0.1, 0.15) is 11.9 Å². The molecule has 0 aromatic heterocycles. The largest absolute Gasteiger partial charge is 0.494 e. The Morgan fingerprint density at radius 3 is 2.67 bits per heavy atom. The van der Waals surface area contributed by atoms with E-state index in [9.17, 15) is 5.11 Å². The Labute approximate surface area is 107 Å². The van der Waals surface area contributed by atoms with E-state index in [2.05, 4.69) is 0 Å². The molecule has 1 saturated heterocycles. The molecular weight excluding hydrogens is 232 g/mol. The van der Waals surface area contributed by atoms with Crippen LogP contribution in [0.4, 0.5) is 0 Å². The molecule has 18 heavy (non-hydrogen) atoms. The summed E-state index contributed by atoms with van der Waals surface area (Å²) in [5, 5.41) is 9.37. The van der Waals surface area contributed by atoms with Gasteiger partial charge in [-0.05, 0) is 24.6 Å². The standard InChI is InChI=1S/C14H20O4/c1-11(15)12-3-5-13(6-4-12)17-8-2-7-16-9-14-10-18-14/h3-6,11,14-15H,2,7-10H2,1H3. The van der Waals surface area contributed by atoms with E-state index in [1.807, 2.05) is 24.3 Å². The van der Waals surface area contributed by atoms with Crippen molar-refractivity contribution in [2.24, 2.45) is 0 Å². The minimum absolute atomic E-state index is 0.332. The maximum atomic E-state index is 9.37. The molecule has 1 aromatic carbocycles. The summed E-state index contributed by atoms with van der Waals surface area (Å²) >= 11 is 0. The Morgan fingerprint density at radius 2 is 2.06 bits per heavy atom. The molecule has 100 valence electrons. The molecule has 4 heteroatoms. The number of aliphatic hydroxyl groups excluding tert-OH is 1. The Kier molecular flexibility index (Phi) is 4.99. The highest BCUT2D eigenvalue weighted by atomic mass is 16.6. The maximum Gasteiger partial charge on any atom is 0.119 e. The molecule has 1 fully saturated rings. The molecule has 0 bridgehead atoms. The first-order valence-corrected chi connectivity index (χ1v) is 6.36. The van der Waals surface area contributed by atoms with Crippen LogP contribution in [0.15, 0.2) is 24.3 Å². The summed E-state index contributed by atoms with van der Waals surface area (Å²) in [6.45, 7) is 4.62. The molecule has 1 aromatic rings. The van der Waals surface area contributed by atoms with Crippen molar-refractivity contribution >= 4 is 0 Å². The minimum atomic E-state index is -0.433. The van der Waals surface area contributed by atoms with Gasteiger partial charge < -0.3 is 19.3 Å². The second-order valence-corrected chi connectivity index (χ2v) is 4.48. The van der Waals surface area contributed by atoms with Crippen molar-refractivity contribution in [1.82, 2.24) is 0 Å². The molecule has 1 aliphatic heterocycles. The van der Waals surface area contributed by atoms with Crippen LogP contribution < -0.4 is 4.74 Å². The van der Waals surface area contributed by atoms with Crippen molar-refractivity contribution in [3.8, 4) is 5.75 Å². The summed E-state index contributed by atoms with van der Waals surface area (Å²) < 4.78 is 16.0. The lowest BCUT2D eigenvalue weighted by atomic mass is 10.1. The van der Waals surface area contributed by atoms with Gasteiger partial charge in [-0.3, -0.25) is 0 Å². The normalized spacial score (nSPS) is 19.6. The van der Waals surface area contributed by atoms with Crippen LogP contribution in [0.1, 0.15) is 25.0 Å². The maximum absolute atomic E-state index is 9.37. The van der Waals surface area contributed by atoms with Gasteiger partial charge in [-0.15, -0.1) is 0 Å². The molecule has 2 atom stereocenters.